The van der Waals surface area contributed by atoms with Gasteiger partial charge in [-0.2, -0.15) is 0 Å². The minimum absolute atomic E-state index is 0.0874. The summed E-state index contributed by atoms with van der Waals surface area (Å²) >= 11 is 0. The van der Waals surface area contributed by atoms with E-state index in [1.165, 1.54) is 0 Å². The molecular weight excluding hydrogens is 360 g/mol. The second-order valence-electron chi connectivity index (χ2n) is 7.17. The first-order chi connectivity index (χ1) is 14.1. The van der Waals surface area contributed by atoms with E-state index in [0.717, 1.165) is 11.1 Å². The van der Waals surface area contributed by atoms with Crippen LogP contribution in [0.25, 0.3) is 0 Å². The molecule has 148 valence electrons. The largest absolute Gasteiger partial charge is 0.349 e. The van der Waals surface area contributed by atoms with E-state index in [9.17, 15) is 9.59 Å². The van der Waals surface area contributed by atoms with Gasteiger partial charge in [-0.1, -0.05) is 78.9 Å². The van der Waals surface area contributed by atoms with Crippen LogP contribution in [0.1, 0.15) is 40.9 Å². The summed E-state index contributed by atoms with van der Waals surface area (Å²) in [5, 5.41) is 6.03. The minimum Gasteiger partial charge on any atom is -0.349 e. The summed E-state index contributed by atoms with van der Waals surface area (Å²) in [4.78, 5) is 25.0. The third-order valence-electron chi connectivity index (χ3n) is 4.72. The van der Waals surface area contributed by atoms with Gasteiger partial charge in [-0.05, 0) is 36.6 Å². The summed E-state index contributed by atoms with van der Waals surface area (Å²) in [6, 6.07) is 28.7. The Hall–Kier alpha value is -3.40. The fourth-order valence-corrected chi connectivity index (χ4v) is 3.27. The van der Waals surface area contributed by atoms with E-state index in [-0.39, 0.29) is 30.3 Å². The molecule has 0 spiro atoms. The Morgan fingerprint density at radius 2 is 1.31 bits per heavy atom. The summed E-state index contributed by atoms with van der Waals surface area (Å²) in [5.41, 5.74) is 2.81. The third-order valence-corrected chi connectivity index (χ3v) is 4.72. The van der Waals surface area contributed by atoms with E-state index in [1.54, 1.807) is 12.1 Å². The summed E-state index contributed by atoms with van der Waals surface area (Å²) in [6.45, 7) is 1.84. The van der Waals surface area contributed by atoms with Crippen LogP contribution in [0.2, 0.25) is 0 Å². The van der Waals surface area contributed by atoms with E-state index < -0.39 is 0 Å². The van der Waals surface area contributed by atoms with Gasteiger partial charge in [-0.15, -0.1) is 0 Å². The molecule has 2 atom stereocenters. The molecule has 0 bridgehead atoms. The second-order valence-corrected chi connectivity index (χ2v) is 7.17. The topological polar surface area (TPSA) is 58.2 Å². The van der Waals surface area contributed by atoms with Gasteiger partial charge in [0.25, 0.3) is 5.91 Å². The van der Waals surface area contributed by atoms with Crippen molar-refractivity contribution in [3.8, 4) is 0 Å². The van der Waals surface area contributed by atoms with Gasteiger partial charge in [-0.25, -0.2) is 0 Å². The van der Waals surface area contributed by atoms with E-state index in [4.69, 9.17) is 0 Å². The van der Waals surface area contributed by atoms with E-state index in [0.29, 0.717) is 12.0 Å². The maximum atomic E-state index is 12.7. The quantitative estimate of drug-likeness (QED) is 0.607. The summed E-state index contributed by atoms with van der Waals surface area (Å²) in [5.74, 6) is -0.259. The summed E-state index contributed by atoms with van der Waals surface area (Å²) in [6.07, 6.45) is 0.929. The average Bonchev–Trinajstić information content (AvgIpc) is 2.75. The van der Waals surface area contributed by atoms with Crippen molar-refractivity contribution >= 4 is 11.8 Å². The molecular formula is C25H26N2O2. The molecule has 0 heterocycles. The summed E-state index contributed by atoms with van der Waals surface area (Å²) < 4.78 is 0. The fourth-order valence-electron chi connectivity index (χ4n) is 3.27. The molecule has 2 N–H and O–H groups in total. The predicted octanol–water partition coefficient (Wildman–Crippen LogP) is 4.30. The average molecular weight is 386 g/mol. The molecule has 0 radical (unpaired) electrons. The van der Waals surface area contributed by atoms with Crippen molar-refractivity contribution in [1.29, 1.82) is 0 Å². The normalized spacial score (nSPS) is 12.6. The van der Waals surface area contributed by atoms with Crippen LogP contribution in [-0.2, 0) is 11.2 Å². The lowest BCUT2D eigenvalue weighted by Crippen LogP contribution is -2.38. The van der Waals surface area contributed by atoms with Crippen LogP contribution in [0.5, 0.6) is 0 Å². The molecule has 0 aliphatic carbocycles. The van der Waals surface area contributed by atoms with E-state index in [2.05, 4.69) is 22.8 Å². The van der Waals surface area contributed by atoms with Crippen molar-refractivity contribution in [2.45, 2.75) is 31.8 Å². The number of nitrogens with one attached hydrogen (secondary N) is 2. The zero-order valence-electron chi connectivity index (χ0n) is 16.5. The molecule has 4 nitrogen and oxygen atoms in total. The molecule has 0 saturated heterocycles. The van der Waals surface area contributed by atoms with Crippen LogP contribution < -0.4 is 10.6 Å². The molecule has 0 aliphatic heterocycles. The van der Waals surface area contributed by atoms with Crippen LogP contribution >= 0.6 is 0 Å². The van der Waals surface area contributed by atoms with Gasteiger partial charge in [0.05, 0.1) is 6.04 Å². The van der Waals surface area contributed by atoms with Crippen molar-refractivity contribution in [3.63, 3.8) is 0 Å². The predicted molar refractivity (Wildman–Crippen MR) is 115 cm³/mol. The van der Waals surface area contributed by atoms with E-state index in [1.807, 2.05) is 73.7 Å². The van der Waals surface area contributed by atoms with E-state index >= 15 is 0 Å². The van der Waals surface area contributed by atoms with Crippen LogP contribution in [0.4, 0.5) is 0 Å². The highest BCUT2D eigenvalue weighted by molar-refractivity contribution is 5.94. The molecule has 0 aromatic heterocycles. The highest BCUT2D eigenvalue weighted by atomic mass is 16.2. The maximum absolute atomic E-state index is 12.7. The smallest absolute Gasteiger partial charge is 0.251 e. The van der Waals surface area contributed by atoms with Gasteiger partial charge in [0, 0.05) is 18.0 Å². The van der Waals surface area contributed by atoms with Gasteiger partial charge < -0.3 is 10.6 Å². The first-order valence-electron chi connectivity index (χ1n) is 9.86. The molecule has 3 rings (SSSR count). The molecule has 2 amide bonds. The molecule has 3 aromatic rings. The Kier molecular flexibility index (Phi) is 7.17. The lowest BCUT2D eigenvalue weighted by Gasteiger charge is -2.21. The Bertz CT molecular complexity index is 911. The first kappa shape index (κ1) is 20.3. The molecule has 0 fully saturated rings. The number of amides is 2. The number of benzene rings is 3. The molecule has 29 heavy (non-hydrogen) atoms. The lowest BCUT2D eigenvalue weighted by atomic mass is 9.98. The van der Waals surface area contributed by atoms with Gasteiger partial charge in [0.2, 0.25) is 5.91 Å². The molecule has 2 unspecified atom stereocenters. The zero-order chi connectivity index (χ0) is 20.5. The van der Waals surface area contributed by atoms with Gasteiger partial charge in [-0.3, -0.25) is 9.59 Å². The first-order valence-corrected chi connectivity index (χ1v) is 9.86. The van der Waals surface area contributed by atoms with Crippen molar-refractivity contribution in [2.24, 2.45) is 0 Å². The number of hydrogen-bond acceptors (Lipinski definition) is 2. The SMILES string of the molecule is CC(CC(=O)NC(Cc1ccccc1)c1ccccc1)NC(=O)c1ccccc1. The number of carbonyl (C=O) groups is 2. The van der Waals surface area contributed by atoms with Crippen LogP contribution in [-0.4, -0.2) is 17.9 Å². The van der Waals surface area contributed by atoms with Crippen LogP contribution in [0, 0.1) is 0 Å². The summed E-state index contributed by atoms with van der Waals surface area (Å²) in [7, 11) is 0. The molecule has 0 aliphatic rings. The van der Waals surface area contributed by atoms with Gasteiger partial charge in [0.15, 0.2) is 0 Å². The van der Waals surface area contributed by atoms with Crippen molar-refractivity contribution < 1.29 is 9.59 Å². The van der Waals surface area contributed by atoms with Gasteiger partial charge in [0.1, 0.15) is 0 Å². The van der Waals surface area contributed by atoms with Crippen LogP contribution in [0.15, 0.2) is 91.0 Å². The number of hydrogen-bond donors (Lipinski definition) is 2. The zero-order valence-corrected chi connectivity index (χ0v) is 16.5. The molecule has 0 saturated carbocycles. The second kappa shape index (κ2) is 10.2. The van der Waals surface area contributed by atoms with Gasteiger partial charge >= 0.3 is 0 Å². The molecule has 3 aromatic carbocycles. The Labute approximate surface area is 172 Å². The Morgan fingerprint density at radius 1 is 0.759 bits per heavy atom. The minimum atomic E-state index is -0.268. The van der Waals surface area contributed by atoms with Crippen LogP contribution in [0.3, 0.4) is 0 Å². The highest BCUT2D eigenvalue weighted by Crippen LogP contribution is 2.18. The standard InChI is InChI=1S/C25H26N2O2/c1-19(26-25(29)22-15-9-4-10-16-22)17-24(28)27-23(21-13-7-3-8-14-21)18-20-11-5-2-6-12-20/h2-16,19,23H,17-18H2,1H3,(H,26,29)(H,27,28). The highest BCUT2D eigenvalue weighted by Gasteiger charge is 2.18. The monoisotopic (exact) mass is 386 g/mol. The Balaban J connectivity index is 1.61. The van der Waals surface area contributed by atoms with Crippen molar-refractivity contribution in [3.05, 3.63) is 108 Å². The van der Waals surface area contributed by atoms with Crippen molar-refractivity contribution in [1.82, 2.24) is 10.6 Å². The molecule has 4 heteroatoms. The fraction of sp³-hybridized carbons (Fsp3) is 0.200. The van der Waals surface area contributed by atoms with Crippen molar-refractivity contribution in [2.75, 3.05) is 0 Å². The third kappa shape index (κ3) is 6.32. The maximum Gasteiger partial charge on any atom is 0.251 e. The number of rotatable bonds is 8. The lowest BCUT2D eigenvalue weighted by molar-refractivity contribution is -0.122. The Morgan fingerprint density at radius 3 is 1.93 bits per heavy atom. The number of carbonyl (C=O) groups excluding carboxylic acids is 2.